The van der Waals surface area contributed by atoms with Crippen molar-refractivity contribution in [2.75, 3.05) is 20.2 Å². The van der Waals surface area contributed by atoms with E-state index in [1.807, 2.05) is 41.0 Å². The molecular weight excluding hydrogens is 400 g/mol. The Kier molecular flexibility index (Phi) is 4.65. The molecule has 1 saturated heterocycles. The zero-order chi connectivity index (χ0) is 21.7. The second-order valence-electron chi connectivity index (χ2n) is 9.05. The lowest BCUT2D eigenvalue weighted by Gasteiger charge is -2.43. The topological polar surface area (TPSA) is 47.6 Å². The van der Waals surface area contributed by atoms with Crippen LogP contribution in [0.2, 0.25) is 0 Å². The number of pyridine rings is 1. The third-order valence-electron chi connectivity index (χ3n) is 6.92. The van der Waals surface area contributed by atoms with Crippen LogP contribution in [-0.2, 0) is 13.1 Å². The molecule has 5 heteroatoms. The van der Waals surface area contributed by atoms with Crippen LogP contribution in [0.5, 0.6) is 5.75 Å². The van der Waals surface area contributed by atoms with Crippen molar-refractivity contribution in [1.29, 1.82) is 0 Å². The molecule has 4 heterocycles. The summed E-state index contributed by atoms with van der Waals surface area (Å²) in [4.78, 5) is 15.3. The SMILES string of the molecule is COc1ccc(-c2ccc(=O)n3c2[C@H]2C[C@@H](CN(Cc4cc5ccccc5o4)C2)C3)cc1. The van der Waals surface area contributed by atoms with Crippen LogP contribution in [-0.4, -0.2) is 29.7 Å². The van der Waals surface area contributed by atoms with E-state index in [2.05, 4.69) is 29.2 Å². The van der Waals surface area contributed by atoms with Gasteiger partial charge in [0, 0.05) is 48.3 Å². The first kappa shape index (κ1) is 19.4. The van der Waals surface area contributed by atoms with Crippen molar-refractivity contribution in [1.82, 2.24) is 9.47 Å². The molecule has 4 aromatic rings. The summed E-state index contributed by atoms with van der Waals surface area (Å²) in [6, 6.07) is 22.2. The number of piperidine rings is 1. The Hall–Kier alpha value is -3.31. The molecule has 6 rings (SSSR count). The number of likely N-dealkylation sites (tertiary alicyclic amines) is 1. The van der Waals surface area contributed by atoms with E-state index < -0.39 is 0 Å². The number of ether oxygens (including phenoxy) is 1. The highest BCUT2D eigenvalue weighted by molar-refractivity contribution is 5.77. The molecule has 32 heavy (non-hydrogen) atoms. The van der Waals surface area contributed by atoms with E-state index in [1.165, 1.54) is 5.69 Å². The van der Waals surface area contributed by atoms with Crippen LogP contribution in [0.4, 0.5) is 0 Å². The number of rotatable bonds is 4. The van der Waals surface area contributed by atoms with E-state index in [4.69, 9.17) is 9.15 Å². The Bertz CT molecular complexity index is 1300. The summed E-state index contributed by atoms with van der Waals surface area (Å²) in [6.45, 7) is 3.51. The largest absolute Gasteiger partial charge is 0.497 e. The number of nitrogens with zero attached hydrogens (tertiary/aromatic N) is 2. The van der Waals surface area contributed by atoms with Gasteiger partial charge in [-0.15, -0.1) is 0 Å². The molecular formula is C27H26N2O3. The van der Waals surface area contributed by atoms with Gasteiger partial charge < -0.3 is 13.7 Å². The van der Waals surface area contributed by atoms with E-state index >= 15 is 0 Å². The maximum atomic E-state index is 12.8. The molecule has 2 atom stereocenters. The molecule has 0 spiro atoms. The van der Waals surface area contributed by atoms with Crippen LogP contribution in [0.15, 0.2) is 75.9 Å². The first-order chi connectivity index (χ1) is 15.7. The van der Waals surface area contributed by atoms with Crippen molar-refractivity contribution in [2.24, 2.45) is 5.92 Å². The zero-order valence-electron chi connectivity index (χ0n) is 18.2. The molecule has 2 aromatic heterocycles. The molecule has 2 aliphatic rings. The summed E-state index contributed by atoms with van der Waals surface area (Å²) >= 11 is 0. The third kappa shape index (κ3) is 3.33. The van der Waals surface area contributed by atoms with Crippen molar-refractivity contribution in [3.8, 4) is 16.9 Å². The molecule has 2 bridgehead atoms. The molecule has 5 nitrogen and oxygen atoms in total. The number of para-hydroxylation sites is 1. The summed E-state index contributed by atoms with van der Waals surface area (Å²) < 4.78 is 13.4. The number of fused-ring (bicyclic) bond motifs is 5. The Morgan fingerprint density at radius 1 is 1.00 bits per heavy atom. The fourth-order valence-corrected chi connectivity index (χ4v) is 5.59. The Morgan fingerprint density at radius 3 is 2.66 bits per heavy atom. The van der Waals surface area contributed by atoms with E-state index in [0.29, 0.717) is 11.8 Å². The van der Waals surface area contributed by atoms with Gasteiger partial charge in [0.15, 0.2) is 0 Å². The molecule has 2 aliphatic heterocycles. The van der Waals surface area contributed by atoms with E-state index in [9.17, 15) is 4.79 Å². The van der Waals surface area contributed by atoms with Gasteiger partial charge in [0.25, 0.3) is 5.56 Å². The summed E-state index contributed by atoms with van der Waals surface area (Å²) in [7, 11) is 1.68. The lowest BCUT2D eigenvalue weighted by atomic mass is 9.80. The summed E-state index contributed by atoms with van der Waals surface area (Å²) in [6.07, 6.45) is 1.13. The Balaban J connectivity index is 1.33. The normalized spacial score (nSPS) is 20.3. The van der Waals surface area contributed by atoms with Gasteiger partial charge in [0.2, 0.25) is 0 Å². The first-order valence-electron chi connectivity index (χ1n) is 11.3. The quantitative estimate of drug-likeness (QED) is 0.466. The minimum Gasteiger partial charge on any atom is -0.497 e. The van der Waals surface area contributed by atoms with Crippen LogP contribution >= 0.6 is 0 Å². The molecule has 0 unspecified atom stereocenters. The second kappa shape index (κ2) is 7.68. The average molecular weight is 427 g/mol. The second-order valence-corrected chi connectivity index (χ2v) is 9.05. The minimum atomic E-state index is 0.109. The fraction of sp³-hybridized carbons (Fsp3) is 0.296. The number of hydrogen-bond acceptors (Lipinski definition) is 4. The predicted molar refractivity (Wildman–Crippen MR) is 125 cm³/mol. The highest BCUT2D eigenvalue weighted by Gasteiger charge is 2.36. The number of aromatic nitrogens is 1. The lowest BCUT2D eigenvalue weighted by molar-refractivity contribution is 0.109. The van der Waals surface area contributed by atoms with E-state index in [0.717, 1.165) is 66.2 Å². The average Bonchev–Trinajstić information content (AvgIpc) is 3.22. The Labute approximate surface area is 186 Å². The van der Waals surface area contributed by atoms with E-state index in [1.54, 1.807) is 13.2 Å². The molecule has 2 aromatic carbocycles. The van der Waals surface area contributed by atoms with Gasteiger partial charge >= 0.3 is 0 Å². The number of benzene rings is 2. The van der Waals surface area contributed by atoms with Crippen molar-refractivity contribution >= 4 is 11.0 Å². The van der Waals surface area contributed by atoms with Gasteiger partial charge in [-0.05, 0) is 48.2 Å². The highest BCUT2D eigenvalue weighted by Crippen LogP contribution is 2.40. The van der Waals surface area contributed by atoms with Crippen LogP contribution in [0.3, 0.4) is 0 Å². The first-order valence-corrected chi connectivity index (χ1v) is 11.3. The smallest absolute Gasteiger partial charge is 0.250 e. The van der Waals surface area contributed by atoms with Gasteiger partial charge in [-0.25, -0.2) is 0 Å². The Morgan fingerprint density at radius 2 is 1.84 bits per heavy atom. The standard InChI is InChI=1S/C27H26N2O3/c1-31-22-8-6-19(7-9-22)24-10-11-26(30)29-15-18-12-21(27(24)29)16-28(14-18)17-23-13-20-4-2-3-5-25(20)32-23/h2-11,13,18,21H,12,14-17H2,1H3/t18-,21-/m0/s1. The monoisotopic (exact) mass is 426 g/mol. The van der Waals surface area contributed by atoms with Crippen molar-refractivity contribution in [3.05, 3.63) is 88.5 Å². The molecule has 0 radical (unpaired) electrons. The number of furan rings is 1. The summed E-state index contributed by atoms with van der Waals surface area (Å²) in [5.74, 6) is 2.66. The van der Waals surface area contributed by atoms with Crippen LogP contribution in [0, 0.1) is 5.92 Å². The van der Waals surface area contributed by atoms with E-state index in [-0.39, 0.29) is 5.56 Å². The van der Waals surface area contributed by atoms with Gasteiger partial charge in [0.1, 0.15) is 17.1 Å². The fourth-order valence-electron chi connectivity index (χ4n) is 5.59. The van der Waals surface area contributed by atoms with Crippen molar-refractivity contribution in [3.63, 3.8) is 0 Å². The molecule has 162 valence electrons. The van der Waals surface area contributed by atoms with Crippen molar-refractivity contribution < 1.29 is 9.15 Å². The number of methoxy groups -OCH3 is 1. The highest BCUT2D eigenvalue weighted by atomic mass is 16.5. The lowest BCUT2D eigenvalue weighted by Crippen LogP contribution is -2.46. The molecule has 0 saturated carbocycles. The third-order valence-corrected chi connectivity index (χ3v) is 6.92. The maximum Gasteiger partial charge on any atom is 0.250 e. The summed E-state index contributed by atoms with van der Waals surface area (Å²) in [5, 5.41) is 1.15. The minimum absolute atomic E-state index is 0.109. The van der Waals surface area contributed by atoms with Gasteiger partial charge in [0.05, 0.1) is 13.7 Å². The maximum absolute atomic E-state index is 12.8. The zero-order valence-corrected chi connectivity index (χ0v) is 18.2. The van der Waals surface area contributed by atoms with Gasteiger partial charge in [-0.2, -0.15) is 0 Å². The van der Waals surface area contributed by atoms with Crippen LogP contribution in [0.25, 0.3) is 22.1 Å². The molecule has 0 N–H and O–H groups in total. The molecule has 1 fully saturated rings. The molecule has 0 aliphatic carbocycles. The summed E-state index contributed by atoms with van der Waals surface area (Å²) in [5.41, 5.74) is 4.51. The molecule has 0 amide bonds. The van der Waals surface area contributed by atoms with Crippen molar-refractivity contribution in [2.45, 2.75) is 25.4 Å². The predicted octanol–water partition coefficient (Wildman–Crippen LogP) is 4.89. The van der Waals surface area contributed by atoms with Gasteiger partial charge in [-0.1, -0.05) is 30.3 Å². The van der Waals surface area contributed by atoms with Crippen LogP contribution in [0.1, 0.15) is 23.8 Å². The number of hydrogen-bond donors (Lipinski definition) is 0. The van der Waals surface area contributed by atoms with Gasteiger partial charge in [-0.3, -0.25) is 9.69 Å². The van der Waals surface area contributed by atoms with Crippen LogP contribution < -0.4 is 10.3 Å².